The number of aromatic nitrogens is 1. The zero-order valence-electron chi connectivity index (χ0n) is 18.8. The van der Waals surface area contributed by atoms with Gasteiger partial charge in [-0.05, 0) is 81.6 Å². The molecule has 1 aliphatic rings. The molecule has 6 heteroatoms. The van der Waals surface area contributed by atoms with E-state index in [0.717, 1.165) is 16.5 Å². The lowest BCUT2D eigenvalue weighted by Crippen LogP contribution is -2.49. The monoisotopic (exact) mass is 451 g/mol. The molecule has 0 saturated heterocycles. The fourth-order valence-electron chi connectivity index (χ4n) is 4.11. The Hall–Kier alpha value is -2.89. The van der Waals surface area contributed by atoms with Gasteiger partial charge in [0.05, 0.1) is 11.1 Å². The number of carbonyl (C=O) groups excluding carboxylic acids is 1. The quantitative estimate of drug-likeness (QED) is 0.479. The van der Waals surface area contributed by atoms with Crippen molar-refractivity contribution in [3.05, 3.63) is 70.4 Å². The predicted octanol–water partition coefficient (Wildman–Crippen LogP) is 6.67. The second-order valence-corrected chi connectivity index (χ2v) is 9.37. The highest BCUT2D eigenvalue weighted by Gasteiger charge is 2.47. The second-order valence-electron chi connectivity index (χ2n) is 8.94. The summed E-state index contributed by atoms with van der Waals surface area (Å²) < 4.78 is 11.9. The van der Waals surface area contributed by atoms with Crippen LogP contribution in [0.4, 0.5) is 0 Å². The van der Waals surface area contributed by atoms with Gasteiger partial charge in [-0.1, -0.05) is 24.6 Å². The summed E-state index contributed by atoms with van der Waals surface area (Å²) in [5, 5.41) is 12.5. The summed E-state index contributed by atoms with van der Waals surface area (Å²) in [6.07, 6.45) is 0.691. The summed E-state index contributed by atoms with van der Waals surface area (Å²) in [6.45, 7) is 8.97. The van der Waals surface area contributed by atoms with Crippen LogP contribution in [-0.2, 0) is 16.0 Å². The number of hydrogen-bond acceptors (Lipinski definition) is 5. The molecule has 0 unspecified atom stereocenters. The molecule has 3 aromatic rings. The highest BCUT2D eigenvalue weighted by molar-refractivity contribution is 6.31. The van der Waals surface area contributed by atoms with Crippen molar-refractivity contribution in [3.8, 4) is 11.6 Å². The minimum absolute atomic E-state index is 0.0746. The van der Waals surface area contributed by atoms with Crippen LogP contribution in [0, 0.1) is 0 Å². The predicted molar refractivity (Wildman–Crippen MR) is 126 cm³/mol. The Labute approximate surface area is 192 Å². The van der Waals surface area contributed by atoms with Crippen molar-refractivity contribution in [1.29, 1.82) is 0 Å². The van der Waals surface area contributed by atoms with E-state index in [1.807, 2.05) is 37.3 Å². The maximum absolute atomic E-state index is 13.3. The molecule has 0 amide bonds. The molecule has 0 aliphatic carbocycles. The Morgan fingerprint density at radius 2 is 1.78 bits per heavy atom. The van der Waals surface area contributed by atoms with Gasteiger partial charge in [-0.2, -0.15) is 0 Å². The number of rotatable bonds is 4. The van der Waals surface area contributed by atoms with E-state index in [0.29, 0.717) is 28.6 Å². The molecule has 0 fully saturated rings. The molecule has 1 aromatic heterocycles. The minimum Gasteiger partial charge on any atom is -0.508 e. The van der Waals surface area contributed by atoms with Crippen LogP contribution < -0.4 is 4.74 Å². The lowest BCUT2D eigenvalue weighted by molar-refractivity contribution is -0.158. The van der Waals surface area contributed by atoms with Gasteiger partial charge in [-0.15, -0.1) is 0 Å². The molecule has 4 rings (SSSR count). The third kappa shape index (κ3) is 3.98. The third-order valence-electron chi connectivity index (χ3n) is 5.67. The van der Waals surface area contributed by atoms with E-state index in [1.54, 1.807) is 45.9 Å². The smallest absolute Gasteiger partial charge is 0.219 e. The average molecular weight is 452 g/mol. The Morgan fingerprint density at radius 3 is 2.50 bits per heavy atom. The van der Waals surface area contributed by atoms with Gasteiger partial charge in [0.2, 0.25) is 5.88 Å². The van der Waals surface area contributed by atoms with Crippen molar-refractivity contribution in [2.45, 2.75) is 52.2 Å². The van der Waals surface area contributed by atoms with Crippen molar-refractivity contribution in [2.75, 3.05) is 0 Å². The number of aliphatic hydroxyl groups excluding tert-OH is 1. The number of hydrogen-bond donors (Lipinski definition) is 1. The Kier molecular flexibility index (Phi) is 5.51. The topological polar surface area (TPSA) is 68.7 Å². The molecule has 166 valence electrons. The minimum atomic E-state index is -1.06. The molecule has 0 saturated carbocycles. The molecule has 2 heterocycles. The van der Waals surface area contributed by atoms with Crippen LogP contribution in [0.2, 0.25) is 5.02 Å². The number of Topliss-reactive ketones (excluding diaryl/α,β-unsaturated/α-hetero) is 1. The molecular weight excluding hydrogens is 426 g/mol. The molecule has 0 bridgehead atoms. The van der Waals surface area contributed by atoms with Gasteiger partial charge in [-0.3, -0.25) is 4.79 Å². The van der Waals surface area contributed by atoms with E-state index in [1.165, 1.54) is 0 Å². The average Bonchev–Trinajstić information content (AvgIpc) is 2.72. The molecular formula is C26H26ClNO4. The normalized spacial score (nSPS) is 17.6. The molecule has 0 radical (unpaired) electrons. The van der Waals surface area contributed by atoms with Crippen LogP contribution in [0.25, 0.3) is 16.5 Å². The number of aryl methyl sites for hydroxylation is 1. The van der Waals surface area contributed by atoms with E-state index >= 15 is 0 Å². The van der Waals surface area contributed by atoms with E-state index in [4.69, 9.17) is 21.1 Å². The number of nitrogens with zero attached hydrogens (tertiary/aromatic N) is 1. The third-order valence-corrected chi connectivity index (χ3v) is 5.91. The first-order chi connectivity index (χ1) is 15.0. The number of benzene rings is 2. The van der Waals surface area contributed by atoms with Crippen LogP contribution in [-0.4, -0.2) is 27.1 Å². The zero-order valence-corrected chi connectivity index (χ0v) is 19.6. The molecule has 1 aliphatic heterocycles. The van der Waals surface area contributed by atoms with Crippen molar-refractivity contribution < 1.29 is 19.4 Å². The standard InChI is InChI=1S/C26H26ClNO4/c1-6-15-7-10-18(31-21-12-8-16-13-17(27)9-11-20(16)28-21)14-19(15)22-23(29)25(2,3)32-26(4,5)24(22)30/h7-14,29H,6H2,1-5H3. The largest absolute Gasteiger partial charge is 0.508 e. The fraction of sp³-hybridized carbons (Fsp3) is 0.308. The van der Waals surface area contributed by atoms with Crippen LogP contribution in [0.3, 0.4) is 0 Å². The molecule has 32 heavy (non-hydrogen) atoms. The maximum atomic E-state index is 13.3. The van der Waals surface area contributed by atoms with Crippen molar-refractivity contribution in [2.24, 2.45) is 0 Å². The highest BCUT2D eigenvalue weighted by Crippen LogP contribution is 2.42. The highest BCUT2D eigenvalue weighted by atomic mass is 35.5. The summed E-state index contributed by atoms with van der Waals surface area (Å²) in [5.74, 6) is 0.608. The number of halogens is 1. The lowest BCUT2D eigenvalue weighted by atomic mass is 9.81. The molecule has 0 spiro atoms. The number of ether oxygens (including phenoxy) is 2. The summed E-state index contributed by atoms with van der Waals surface area (Å²) in [5.41, 5.74) is 0.561. The Balaban J connectivity index is 1.78. The SMILES string of the molecule is CCc1ccc(Oc2ccc3cc(Cl)ccc3n2)cc1C1=C(O)C(C)(C)OC(C)(C)C1=O. The van der Waals surface area contributed by atoms with Gasteiger partial charge in [0, 0.05) is 16.5 Å². The molecule has 2 aromatic carbocycles. The molecule has 1 N–H and O–H groups in total. The van der Waals surface area contributed by atoms with Crippen LogP contribution in [0.15, 0.2) is 54.3 Å². The summed E-state index contributed by atoms with van der Waals surface area (Å²) in [6, 6.07) is 14.7. The number of ketones is 1. The van der Waals surface area contributed by atoms with Crippen molar-refractivity contribution >= 4 is 33.9 Å². The summed E-state index contributed by atoms with van der Waals surface area (Å²) >= 11 is 6.05. The Morgan fingerprint density at radius 1 is 1.03 bits per heavy atom. The van der Waals surface area contributed by atoms with Gasteiger partial charge in [-0.25, -0.2) is 4.98 Å². The fourth-order valence-corrected chi connectivity index (χ4v) is 4.29. The van der Waals surface area contributed by atoms with E-state index in [9.17, 15) is 9.90 Å². The first kappa shape index (κ1) is 22.3. The lowest BCUT2D eigenvalue weighted by Gasteiger charge is -2.40. The number of carbonyl (C=O) groups is 1. The Bertz CT molecular complexity index is 1260. The van der Waals surface area contributed by atoms with Crippen molar-refractivity contribution in [1.82, 2.24) is 4.98 Å². The van der Waals surface area contributed by atoms with Gasteiger partial charge in [0.1, 0.15) is 22.7 Å². The van der Waals surface area contributed by atoms with Crippen LogP contribution in [0.5, 0.6) is 11.6 Å². The summed E-state index contributed by atoms with van der Waals surface area (Å²) in [7, 11) is 0. The van der Waals surface area contributed by atoms with E-state index < -0.39 is 11.2 Å². The first-order valence-corrected chi connectivity index (χ1v) is 11.0. The number of aliphatic hydroxyl groups is 1. The maximum Gasteiger partial charge on any atom is 0.219 e. The second kappa shape index (κ2) is 7.91. The zero-order chi connectivity index (χ0) is 23.3. The molecule has 5 nitrogen and oxygen atoms in total. The summed E-state index contributed by atoms with van der Waals surface area (Å²) in [4.78, 5) is 17.8. The van der Waals surface area contributed by atoms with Crippen LogP contribution in [0.1, 0.15) is 45.7 Å². The van der Waals surface area contributed by atoms with Gasteiger partial charge < -0.3 is 14.6 Å². The van der Waals surface area contributed by atoms with Crippen molar-refractivity contribution in [3.63, 3.8) is 0 Å². The first-order valence-electron chi connectivity index (χ1n) is 10.6. The van der Waals surface area contributed by atoms with Gasteiger partial charge >= 0.3 is 0 Å². The number of fused-ring (bicyclic) bond motifs is 1. The van der Waals surface area contributed by atoms with Gasteiger partial charge in [0.15, 0.2) is 5.78 Å². The molecule has 0 atom stereocenters. The van der Waals surface area contributed by atoms with Gasteiger partial charge in [0.25, 0.3) is 0 Å². The number of pyridine rings is 1. The van der Waals surface area contributed by atoms with Crippen LogP contribution >= 0.6 is 11.6 Å². The van der Waals surface area contributed by atoms with E-state index in [-0.39, 0.29) is 17.1 Å². The van der Waals surface area contributed by atoms with E-state index in [2.05, 4.69) is 4.98 Å².